The lowest BCUT2D eigenvalue weighted by Crippen LogP contribution is -2.37. The molecule has 1 aliphatic rings. The molecule has 0 bridgehead atoms. The molecule has 0 saturated heterocycles. The standard InChI is InChI=1S/C16H25NO3/c1-11(17-9-12-6-15(18)7-12)13-4-5-16(20-3)14(8-13)10-19-2/h4-5,8,11-12,15,17-18H,6-7,9-10H2,1-3H3. The van der Waals surface area contributed by atoms with Gasteiger partial charge in [0.2, 0.25) is 0 Å². The summed E-state index contributed by atoms with van der Waals surface area (Å²) in [5, 5.41) is 12.8. The smallest absolute Gasteiger partial charge is 0.124 e. The van der Waals surface area contributed by atoms with E-state index >= 15 is 0 Å². The Balaban J connectivity index is 1.94. The van der Waals surface area contributed by atoms with Gasteiger partial charge in [0.25, 0.3) is 0 Å². The molecule has 2 rings (SSSR count). The van der Waals surface area contributed by atoms with Gasteiger partial charge >= 0.3 is 0 Å². The molecule has 1 atom stereocenters. The summed E-state index contributed by atoms with van der Waals surface area (Å²) in [4.78, 5) is 0. The average molecular weight is 279 g/mol. The fourth-order valence-electron chi connectivity index (χ4n) is 2.66. The van der Waals surface area contributed by atoms with Crippen molar-refractivity contribution in [1.82, 2.24) is 5.32 Å². The van der Waals surface area contributed by atoms with Crippen molar-refractivity contribution in [3.63, 3.8) is 0 Å². The lowest BCUT2D eigenvalue weighted by atomic mass is 9.82. The van der Waals surface area contributed by atoms with Crippen molar-refractivity contribution in [2.45, 2.75) is 38.5 Å². The molecule has 2 N–H and O–H groups in total. The van der Waals surface area contributed by atoms with Crippen LogP contribution in [0.1, 0.15) is 36.9 Å². The van der Waals surface area contributed by atoms with E-state index < -0.39 is 0 Å². The summed E-state index contributed by atoms with van der Waals surface area (Å²) in [6.45, 7) is 3.68. The summed E-state index contributed by atoms with van der Waals surface area (Å²) in [7, 11) is 3.37. The molecule has 112 valence electrons. The average Bonchev–Trinajstić information content (AvgIpc) is 2.42. The molecule has 1 aromatic rings. The van der Waals surface area contributed by atoms with Crippen LogP contribution in [0.25, 0.3) is 0 Å². The Bertz CT molecular complexity index is 430. The van der Waals surface area contributed by atoms with Crippen molar-refractivity contribution in [2.75, 3.05) is 20.8 Å². The summed E-state index contributed by atoms with van der Waals surface area (Å²) in [6, 6.07) is 6.50. The van der Waals surface area contributed by atoms with Crippen LogP contribution in [0.4, 0.5) is 0 Å². The second-order valence-corrected chi connectivity index (χ2v) is 5.63. The van der Waals surface area contributed by atoms with Gasteiger partial charge in [-0.05, 0) is 49.9 Å². The second-order valence-electron chi connectivity index (χ2n) is 5.63. The minimum absolute atomic E-state index is 0.0774. The molecule has 0 heterocycles. The Morgan fingerprint density at radius 3 is 2.70 bits per heavy atom. The Kier molecular flexibility index (Phi) is 5.40. The number of methoxy groups -OCH3 is 2. The van der Waals surface area contributed by atoms with Crippen molar-refractivity contribution >= 4 is 0 Å². The predicted octanol–water partition coefficient (Wildman–Crippen LogP) is 2.26. The van der Waals surface area contributed by atoms with E-state index in [2.05, 4.69) is 24.4 Å². The van der Waals surface area contributed by atoms with Crippen LogP contribution in [0.3, 0.4) is 0 Å². The molecule has 1 aliphatic carbocycles. The van der Waals surface area contributed by atoms with Gasteiger partial charge in [-0.15, -0.1) is 0 Å². The lowest BCUT2D eigenvalue weighted by molar-refractivity contribution is 0.0420. The molecule has 1 unspecified atom stereocenters. The van der Waals surface area contributed by atoms with Crippen LogP contribution >= 0.6 is 0 Å². The molecular formula is C16H25NO3. The highest BCUT2D eigenvalue weighted by Gasteiger charge is 2.27. The van der Waals surface area contributed by atoms with E-state index in [1.807, 2.05) is 6.07 Å². The normalized spacial score (nSPS) is 23.2. The zero-order valence-electron chi connectivity index (χ0n) is 12.6. The van der Waals surface area contributed by atoms with Crippen molar-refractivity contribution in [1.29, 1.82) is 0 Å². The number of rotatable bonds is 7. The van der Waals surface area contributed by atoms with Crippen molar-refractivity contribution in [2.24, 2.45) is 5.92 Å². The van der Waals surface area contributed by atoms with Gasteiger partial charge in [0, 0.05) is 18.7 Å². The highest BCUT2D eigenvalue weighted by Crippen LogP contribution is 2.28. The molecule has 0 amide bonds. The van der Waals surface area contributed by atoms with Crippen LogP contribution < -0.4 is 10.1 Å². The molecule has 4 heteroatoms. The van der Waals surface area contributed by atoms with Gasteiger partial charge in [-0.25, -0.2) is 0 Å². The maximum absolute atomic E-state index is 9.30. The first-order valence-electron chi connectivity index (χ1n) is 7.21. The first-order valence-corrected chi connectivity index (χ1v) is 7.21. The molecule has 0 radical (unpaired) electrons. The quantitative estimate of drug-likeness (QED) is 0.804. The maximum atomic E-state index is 9.30. The number of hydrogen-bond acceptors (Lipinski definition) is 4. The monoisotopic (exact) mass is 279 g/mol. The number of aliphatic hydroxyl groups excluding tert-OH is 1. The summed E-state index contributed by atoms with van der Waals surface area (Å²) in [5.74, 6) is 1.48. The van der Waals surface area contributed by atoms with Crippen molar-refractivity contribution in [3.05, 3.63) is 29.3 Å². The number of hydrogen-bond donors (Lipinski definition) is 2. The molecule has 20 heavy (non-hydrogen) atoms. The number of aliphatic hydroxyl groups is 1. The van der Waals surface area contributed by atoms with Crippen LogP contribution in [0.15, 0.2) is 18.2 Å². The van der Waals surface area contributed by atoms with E-state index in [4.69, 9.17) is 9.47 Å². The Hall–Kier alpha value is -1.10. The summed E-state index contributed by atoms with van der Waals surface area (Å²) in [6.07, 6.45) is 1.78. The third-order valence-corrected chi connectivity index (χ3v) is 4.03. The molecule has 1 saturated carbocycles. The second kappa shape index (κ2) is 7.07. The van der Waals surface area contributed by atoms with Gasteiger partial charge < -0.3 is 19.9 Å². The van der Waals surface area contributed by atoms with E-state index in [-0.39, 0.29) is 12.1 Å². The first kappa shape index (κ1) is 15.3. The SMILES string of the molecule is COCc1cc(C(C)NCC2CC(O)C2)ccc1OC. The van der Waals surface area contributed by atoms with Crippen LogP contribution in [0.5, 0.6) is 5.75 Å². The van der Waals surface area contributed by atoms with Crippen LogP contribution in [0.2, 0.25) is 0 Å². The third kappa shape index (κ3) is 3.72. The van der Waals surface area contributed by atoms with E-state index in [0.29, 0.717) is 12.5 Å². The van der Waals surface area contributed by atoms with Gasteiger partial charge in [0.05, 0.1) is 19.8 Å². The topological polar surface area (TPSA) is 50.7 Å². The Labute approximate surface area is 121 Å². The van der Waals surface area contributed by atoms with Crippen molar-refractivity contribution < 1.29 is 14.6 Å². The highest BCUT2D eigenvalue weighted by molar-refractivity contribution is 5.38. The lowest BCUT2D eigenvalue weighted by Gasteiger charge is -2.32. The molecule has 0 spiro atoms. The van der Waals surface area contributed by atoms with Gasteiger partial charge in [0.1, 0.15) is 5.75 Å². The molecule has 0 aliphatic heterocycles. The summed E-state index contributed by atoms with van der Waals surface area (Å²) >= 11 is 0. The zero-order valence-corrected chi connectivity index (χ0v) is 12.6. The van der Waals surface area contributed by atoms with Gasteiger partial charge in [0.15, 0.2) is 0 Å². The van der Waals surface area contributed by atoms with Gasteiger partial charge in [-0.2, -0.15) is 0 Å². The minimum atomic E-state index is -0.0774. The van der Waals surface area contributed by atoms with Gasteiger partial charge in [-0.3, -0.25) is 0 Å². The minimum Gasteiger partial charge on any atom is -0.496 e. The molecule has 1 aromatic carbocycles. The van der Waals surface area contributed by atoms with E-state index in [1.54, 1.807) is 14.2 Å². The zero-order chi connectivity index (χ0) is 14.5. The van der Waals surface area contributed by atoms with E-state index in [9.17, 15) is 5.11 Å². The predicted molar refractivity (Wildman–Crippen MR) is 78.9 cm³/mol. The van der Waals surface area contributed by atoms with Gasteiger partial charge in [-0.1, -0.05) is 6.07 Å². The maximum Gasteiger partial charge on any atom is 0.124 e. The first-order chi connectivity index (χ1) is 9.63. The third-order valence-electron chi connectivity index (χ3n) is 4.03. The fourth-order valence-corrected chi connectivity index (χ4v) is 2.66. The van der Waals surface area contributed by atoms with Crippen molar-refractivity contribution in [3.8, 4) is 5.75 Å². The van der Waals surface area contributed by atoms with Crippen LogP contribution in [-0.4, -0.2) is 32.0 Å². The summed E-state index contributed by atoms with van der Waals surface area (Å²) < 4.78 is 10.6. The van der Waals surface area contributed by atoms with Crippen LogP contribution in [0, 0.1) is 5.92 Å². The fraction of sp³-hybridized carbons (Fsp3) is 0.625. The molecule has 1 fully saturated rings. The Morgan fingerprint density at radius 1 is 1.35 bits per heavy atom. The summed E-state index contributed by atoms with van der Waals surface area (Å²) in [5.41, 5.74) is 2.30. The van der Waals surface area contributed by atoms with E-state index in [1.165, 1.54) is 5.56 Å². The molecular weight excluding hydrogens is 254 g/mol. The Morgan fingerprint density at radius 2 is 2.10 bits per heavy atom. The van der Waals surface area contributed by atoms with Crippen LogP contribution in [-0.2, 0) is 11.3 Å². The van der Waals surface area contributed by atoms with E-state index in [0.717, 1.165) is 30.7 Å². The number of benzene rings is 1. The highest BCUT2D eigenvalue weighted by atomic mass is 16.5. The number of nitrogens with one attached hydrogen (secondary N) is 1. The molecule has 4 nitrogen and oxygen atoms in total. The number of ether oxygens (including phenoxy) is 2. The molecule has 0 aromatic heterocycles. The largest absolute Gasteiger partial charge is 0.496 e.